The molecule has 0 aromatic heterocycles. The van der Waals surface area contributed by atoms with Crippen LogP contribution in [-0.2, 0) is 12.8 Å². The summed E-state index contributed by atoms with van der Waals surface area (Å²) < 4.78 is 42.2. The number of rotatable bonds is 6. The van der Waals surface area contributed by atoms with Gasteiger partial charge in [0.25, 0.3) is 0 Å². The third kappa shape index (κ3) is 4.42. The molecular formula is C14H20F3NO. The summed E-state index contributed by atoms with van der Waals surface area (Å²) in [7, 11) is 0. The van der Waals surface area contributed by atoms with Crippen LogP contribution >= 0.6 is 0 Å². The van der Waals surface area contributed by atoms with Crippen LogP contribution in [0.3, 0.4) is 0 Å². The highest BCUT2D eigenvalue weighted by molar-refractivity contribution is 5.40. The van der Waals surface area contributed by atoms with E-state index in [0.717, 1.165) is 18.4 Å². The first-order chi connectivity index (χ1) is 8.90. The molecule has 108 valence electrons. The molecule has 0 aliphatic carbocycles. The average molecular weight is 275 g/mol. The summed E-state index contributed by atoms with van der Waals surface area (Å²) >= 11 is 0. The van der Waals surface area contributed by atoms with Gasteiger partial charge in [-0.2, -0.15) is 13.2 Å². The number of aryl methyl sites for hydroxylation is 1. The molecule has 0 spiro atoms. The quantitative estimate of drug-likeness (QED) is 0.862. The fraction of sp³-hybridized carbons (Fsp3) is 0.571. The van der Waals surface area contributed by atoms with Gasteiger partial charge in [-0.3, -0.25) is 0 Å². The number of hydrogen-bond acceptors (Lipinski definition) is 2. The van der Waals surface area contributed by atoms with Gasteiger partial charge in [-0.25, -0.2) is 0 Å². The van der Waals surface area contributed by atoms with Gasteiger partial charge >= 0.3 is 6.18 Å². The van der Waals surface area contributed by atoms with Gasteiger partial charge in [0.2, 0.25) is 0 Å². The summed E-state index contributed by atoms with van der Waals surface area (Å²) in [5.74, 6) is 0.663. The predicted octanol–water partition coefficient (Wildman–Crippen LogP) is 3.47. The Morgan fingerprint density at radius 3 is 2.42 bits per heavy atom. The van der Waals surface area contributed by atoms with Crippen LogP contribution in [0.15, 0.2) is 18.2 Å². The van der Waals surface area contributed by atoms with Crippen molar-refractivity contribution in [2.75, 3.05) is 6.61 Å². The molecule has 0 aliphatic heterocycles. The molecule has 0 heterocycles. The number of ether oxygens (including phenoxy) is 1. The van der Waals surface area contributed by atoms with Gasteiger partial charge in [0, 0.05) is 6.42 Å². The van der Waals surface area contributed by atoms with E-state index in [-0.39, 0.29) is 13.0 Å². The Balaban J connectivity index is 2.63. The van der Waals surface area contributed by atoms with Crippen LogP contribution in [-0.4, -0.2) is 18.8 Å². The highest BCUT2D eigenvalue weighted by Crippen LogP contribution is 2.25. The molecule has 2 N–H and O–H groups in total. The van der Waals surface area contributed by atoms with E-state index in [0.29, 0.717) is 5.75 Å². The second-order valence-corrected chi connectivity index (χ2v) is 4.39. The van der Waals surface area contributed by atoms with Crippen LogP contribution in [0.5, 0.6) is 5.75 Å². The van der Waals surface area contributed by atoms with Crippen molar-refractivity contribution < 1.29 is 17.9 Å². The lowest BCUT2D eigenvalue weighted by Crippen LogP contribution is -2.38. The molecule has 0 radical (unpaired) electrons. The fourth-order valence-corrected chi connectivity index (χ4v) is 1.94. The molecule has 0 saturated heterocycles. The first-order valence-corrected chi connectivity index (χ1v) is 6.46. The summed E-state index contributed by atoms with van der Waals surface area (Å²) in [6.07, 6.45) is -2.92. The lowest BCUT2D eigenvalue weighted by molar-refractivity contribution is -0.150. The van der Waals surface area contributed by atoms with Gasteiger partial charge in [-0.05, 0) is 30.0 Å². The molecular weight excluding hydrogens is 255 g/mol. The molecule has 1 aromatic rings. The Morgan fingerprint density at radius 1 is 1.21 bits per heavy atom. The lowest BCUT2D eigenvalue weighted by Gasteiger charge is -2.17. The van der Waals surface area contributed by atoms with Crippen molar-refractivity contribution in [2.45, 2.75) is 45.3 Å². The van der Waals surface area contributed by atoms with Crippen LogP contribution in [0.1, 0.15) is 31.4 Å². The van der Waals surface area contributed by atoms with Gasteiger partial charge in [0.1, 0.15) is 11.8 Å². The molecule has 0 fully saturated rings. The predicted molar refractivity (Wildman–Crippen MR) is 69.3 cm³/mol. The highest BCUT2D eigenvalue weighted by Gasteiger charge is 2.36. The van der Waals surface area contributed by atoms with E-state index in [9.17, 15) is 13.2 Å². The normalized spacial score (nSPS) is 13.4. The summed E-state index contributed by atoms with van der Waals surface area (Å²) in [6, 6.07) is 3.83. The van der Waals surface area contributed by atoms with Crippen LogP contribution < -0.4 is 10.5 Å². The molecule has 0 saturated carbocycles. The average Bonchev–Trinajstić information content (AvgIpc) is 2.37. The number of benzene rings is 1. The summed E-state index contributed by atoms with van der Waals surface area (Å²) in [4.78, 5) is 0. The standard InChI is InChI=1S/C14H20F3NO/c1-3-10-6-5-7-12(11(10)4-2)19-9-8-13(18)14(15,16)17/h5-7,13H,3-4,8-9,18H2,1-2H3. The smallest absolute Gasteiger partial charge is 0.403 e. The van der Waals surface area contributed by atoms with Gasteiger partial charge in [-0.15, -0.1) is 0 Å². The first-order valence-electron chi connectivity index (χ1n) is 6.46. The second kappa shape index (κ2) is 6.80. The van der Waals surface area contributed by atoms with Gasteiger partial charge < -0.3 is 10.5 Å². The number of hydrogen-bond donors (Lipinski definition) is 1. The third-order valence-electron chi connectivity index (χ3n) is 3.07. The van der Waals surface area contributed by atoms with E-state index >= 15 is 0 Å². The first kappa shape index (κ1) is 15.8. The molecule has 2 nitrogen and oxygen atoms in total. The van der Waals surface area contributed by atoms with Crippen molar-refractivity contribution in [3.8, 4) is 5.75 Å². The van der Waals surface area contributed by atoms with Crippen molar-refractivity contribution in [1.82, 2.24) is 0 Å². The summed E-state index contributed by atoms with van der Waals surface area (Å²) in [6.45, 7) is 4.02. The molecule has 1 aromatic carbocycles. The molecule has 19 heavy (non-hydrogen) atoms. The van der Waals surface area contributed by atoms with E-state index in [2.05, 4.69) is 0 Å². The molecule has 5 heteroatoms. The zero-order valence-corrected chi connectivity index (χ0v) is 11.3. The molecule has 1 rings (SSSR count). The Bertz CT molecular complexity index is 404. The monoisotopic (exact) mass is 275 g/mol. The van der Waals surface area contributed by atoms with Gasteiger partial charge in [0.05, 0.1) is 6.61 Å². The summed E-state index contributed by atoms with van der Waals surface area (Å²) in [5, 5.41) is 0. The summed E-state index contributed by atoms with van der Waals surface area (Å²) in [5.41, 5.74) is 7.26. The van der Waals surface area contributed by atoms with E-state index in [1.807, 2.05) is 26.0 Å². The third-order valence-corrected chi connectivity index (χ3v) is 3.07. The maximum absolute atomic E-state index is 12.3. The lowest BCUT2D eigenvalue weighted by atomic mass is 10.0. The van der Waals surface area contributed by atoms with Crippen LogP contribution in [0, 0.1) is 0 Å². The van der Waals surface area contributed by atoms with E-state index in [1.165, 1.54) is 5.56 Å². The van der Waals surface area contributed by atoms with E-state index in [1.54, 1.807) is 6.07 Å². The van der Waals surface area contributed by atoms with Crippen LogP contribution in [0.25, 0.3) is 0 Å². The second-order valence-electron chi connectivity index (χ2n) is 4.39. The highest BCUT2D eigenvalue weighted by atomic mass is 19.4. The largest absolute Gasteiger partial charge is 0.493 e. The Labute approximate surface area is 111 Å². The van der Waals surface area contributed by atoms with Crippen molar-refractivity contribution in [1.29, 1.82) is 0 Å². The number of halogens is 3. The Hall–Kier alpha value is -1.23. The molecule has 0 amide bonds. The van der Waals surface area contributed by atoms with Crippen molar-refractivity contribution in [3.63, 3.8) is 0 Å². The van der Waals surface area contributed by atoms with Crippen LogP contribution in [0.4, 0.5) is 13.2 Å². The minimum absolute atomic E-state index is 0.0269. The van der Waals surface area contributed by atoms with Crippen molar-refractivity contribution >= 4 is 0 Å². The van der Waals surface area contributed by atoms with Gasteiger partial charge in [0.15, 0.2) is 0 Å². The van der Waals surface area contributed by atoms with Crippen molar-refractivity contribution in [3.05, 3.63) is 29.3 Å². The zero-order valence-electron chi connectivity index (χ0n) is 11.3. The Kier molecular flexibility index (Phi) is 5.66. The maximum atomic E-state index is 12.3. The number of nitrogens with two attached hydrogens (primary N) is 1. The van der Waals surface area contributed by atoms with E-state index in [4.69, 9.17) is 10.5 Å². The molecule has 1 unspecified atom stereocenters. The van der Waals surface area contributed by atoms with E-state index < -0.39 is 12.2 Å². The van der Waals surface area contributed by atoms with Crippen LogP contribution in [0.2, 0.25) is 0 Å². The molecule has 0 bridgehead atoms. The molecule has 0 aliphatic rings. The minimum Gasteiger partial charge on any atom is -0.493 e. The fourth-order valence-electron chi connectivity index (χ4n) is 1.94. The Morgan fingerprint density at radius 2 is 1.89 bits per heavy atom. The van der Waals surface area contributed by atoms with Gasteiger partial charge in [-0.1, -0.05) is 26.0 Å². The SMILES string of the molecule is CCc1cccc(OCCC(N)C(F)(F)F)c1CC. The maximum Gasteiger partial charge on any atom is 0.403 e. The van der Waals surface area contributed by atoms with Crippen molar-refractivity contribution in [2.24, 2.45) is 5.73 Å². The topological polar surface area (TPSA) is 35.2 Å². The number of alkyl halides is 3. The molecule has 1 atom stereocenters. The minimum atomic E-state index is -4.36. The zero-order chi connectivity index (χ0) is 14.5.